The van der Waals surface area contributed by atoms with Gasteiger partial charge in [0.1, 0.15) is 0 Å². The highest BCUT2D eigenvalue weighted by atomic mass is 16.5. The smallest absolute Gasteiger partial charge is 0.0777 e. The van der Waals surface area contributed by atoms with Gasteiger partial charge in [-0.05, 0) is 45.1 Å². The Balaban J connectivity index is 2.48. The van der Waals surface area contributed by atoms with Gasteiger partial charge in [0.25, 0.3) is 0 Å². The molecule has 0 heterocycles. The minimum absolute atomic E-state index is 0.225. The highest BCUT2D eigenvalue weighted by molar-refractivity contribution is 5.11. The van der Waals surface area contributed by atoms with E-state index >= 15 is 0 Å². The fourth-order valence-corrected chi connectivity index (χ4v) is 1.85. The molecule has 14 heavy (non-hydrogen) atoms. The van der Waals surface area contributed by atoms with E-state index in [1.54, 1.807) is 7.11 Å². The Kier molecular flexibility index (Phi) is 4.14. The summed E-state index contributed by atoms with van der Waals surface area (Å²) in [5.74, 6) is 0. The average molecular weight is 198 g/mol. The molecule has 1 atom stereocenters. The quantitative estimate of drug-likeness (QED) is 0.704. The number of aliphatic hydroxyl groups is 1. The molecule has 2 heteroatoms. The first-order valence-corrected chi connectivity index (χ1v) is 5.47. The lowest BCUT2D eigenvalue weighted by atomic mass is 9.89. The average Bonchev–Trinajstić information content (AvgIpc) is 2.19. The lowest BCUT2D eigenvalue weighted by Gasteiger charge is -2.28. The van der Waals surface area contributed by atoms with Gasteiger partial charge in [-0.25, -0.2) is 0 Å². The van der Waals surface area contributed by atoms with Crippen molar-refractivity contribution >= 4 is 0 Å². The van der Waals surface area contributed by atoms with Gasteiger partial charge in [0.05, 0.1) is 11.7 Å². The van der Waals surface area contributed by atoms with E-state index in [1.807, 2.05) is 13.8 Å². The number of ether oxygens (including phenoxy) is 1. The Morgan fingerprint density at radius 1 is 1.50 bits per heavy atom. The van der Waals surface area contributed by atoms with Crippen molar-refractivity contribution in [1.29, 1.82) is 0 Å². The van der Waals surface area contributed by atoms with Crippen LogP contribution in [0.2, 0.25) is 0 Å². The normalized spacial score (nSPS) is 20.4. The third-order valence-corrected chi connectivity index (χ3v) is 2.99. The Hall–Kier alpha value is -0.340. The summed E-state index contributed by atoms with van der Waals surface area (Å²) in [6.45, 7) is 4.03. The third kappa shape index (κ3) is 3.43. The minimum Gasteiger partial charge on any atom is -0.389 e. The molecule has 1 rings (SSSR count). The monoisotopic (exact) mass is 198 g/mol. The molecule has 0 spiro atoms. The van der Waals surface area contributed by atoms with Gasteiger partial charge in [-0.1, -0.05) is 6.08 Å². The number of hydrogen-bond donors (Lipinski definition) is 1. The van der Waals surface area contributed by atoms with Gasteiger partial charge < -0.3 is 9.84 Å². The summed E-state index contributed by atoms with van der Waals surface area (Å²) in [5.41, 5.74) is 0.985. The van der Waals surface area contributed by atoms with Gasteiger partial charge >= 0.3 is 0 Å². The Morgan fingerprint density at radius 2 is 2.21 bits per heavy atom. The van der Waals surface area contributed by atoms with Crippen LogP contribution in [0, 0.1) is 0 Å². The van der Waals surface area contributed by atoms with Crippen LogP contribution >= 0.6 is 0 Å². The molecular weight excluding hydrogens is 176 g/mol. The molecule has 1 aliphatic rings. The number of rotatable bonds is 4. The van der Waals surface area contributed by atoms with Gasteiger partial charge in [0.15, 0.2) is 0 Å². The summed E-state index contributed by atoms with van der Waals surface area (Å²) in [5, 5.41) is 9.99. The Labute approximate surface area is 87.0 Å². The summed E-state index contributed by atoms with van der Waals surface area (Å²) in [7, 11) is 1.70. The van der Waals surface area contributed by atoms with Crippen molar-refractivity contribution < 1.29 is 9.84 Å². The number of methoxy groups -OCH3 is 1. The molecule has 0 aromatic rings. The first-order chi connectivity index (χ1) is 6.55. The van der Waals surface area contributed by atoms with Crippen molar-refractivity contribution in [3.05, 3.63) is 11.6 Å². The molecule has 0 saturated heterocycles. The van der Waals surface area contributed by atoms with Gasteiger partial charge in [0.2, 0.25) is 0 Å². The number of allylic oxidation sites excluding steroid dienone is 1. The van der Waals surface area contributed by atoms with E-state index in [0.29, 0.717) is 6.42 Å². The van der Waals surface area contributed by atoms with Crippen LogP contribution < -0.4 is 0 Å². The molecule has 0 amide bonds. The highest BCUT2D eigenvalue weighted by Gasteiger charge is 2.24. The maximum atomic E-state index is 9.99. The van der Waals surface area contributed by atoms with Gasteiger partial charge in [-0.2, -0.15) is 0 Å². The number of aliphatic hydroxyl groups excluding tert-OH is 1. The van der Waals surface area contributed by atoms with Crippen LogP contribution in [0.4, 0.5) is 0 Å². The first kappa shape index (κ1) is 11.7. The SMILES string of the molecule is COC(C)(C)CC(O)C1=CCCCC1. The molecule has 1 aliphatic carbocycles. The van der Waals surface area contributed by atoms with E-state index < -0.39 is 0 Å². The number of hydrogen-bond acceptors (Lipinski definition) is 2. The van der Waals surface area contributed by atoms with Crippen LogP contribution in [0.25, 0.3) is 0 Å². The van der Waals surface area contributed by atoms with Gasteiger partial charge in [-0.3, -0.25) is 0 Å². The molecule has 2 nitrogen and oxygen atoms in total. The second-order valence-electron chi connectivity index (χ2n) is 4.71. The molecule has 0 aliphatic heterocycles. The summed E-state index contributed by atoms with van der Waals surface area (Å²) in [6.07, 6.45) is 7.24. The molecule has 0 aromatic carbocycles. The van der Waals surface area contributed by atoms with Crippen molar-refractivity contribution in [2.75, 3.05) is 7.11 Å². The van der Waals surface area contributed by atoms with Crippen LogP contribution in [0.15, 0.2) is 11.6 Å². The fourth-order valence-electron chi connectivity index (χ4n) is 1.85. The molecule has 82 valence electrons. The molecular formula is C12H22O2. The summed E-state index contributed by atoms with van der Waals surface area (Å²) in [6, 6.07) is 0. The molecule has 0 aromatic heterocycles. The van der Waals surface area contributed by atoms with Crippen LogP contribution in [0.1, 0.15) is 46.0 Å². The van der Waals surface area contributed by atoms with Crippen molar-refractivity contribution in [3.8, 4) is 0 Å². The maximum absolute atomic E-state index is 9.99. The molecule has 0 saturated carbocycles. The molecule has 0 radical (unpaired) electrons. The zero-order chi connectivity index (χ0) is 10.6. The second-order valence-corrected chi connectivity index (χ2v) is 4.71. The fraction of sp³-hybridized carbons (Fsp3) is 0.833. The van der Waals surface area contributed by atoms with E-state index in [-0.39, 0.29) is 11.7 Å². The van der Waals surface area contributed by atoms with Crippen LogP contribution in [-0.2, 0) is 4.74 Å². The summed E-state index contributed by atoms with van der Waals surface area (Å²) < 4.78 is 5.31. The van der Waals surface area contributed by atoms with Gasteiger partial charge in [-0.15, -0.1) is 0 Å². The van der Waals surface area contributed by atoms with Crippen LogP contribution in [-0.4, -0.2) is 23.9 Å². The molecule has 0 fully saturated rings. The van der Waals surface area contributed by atoms with Crippen molar-refractivity contribution in [1.82, 2.24) is 0 Å². The van der Waals surface area contributed by atoms with Crippen molar-refractivity contribution in [2.24, 2.45) is 0 Å². The predicted molar refractivity (Wildman–Crippen MR) is 58.3 cm³/mol. The first-order valence-electron chi connectivity index (χ1n) is 5.47. The van der Waals surface area contributed by atoms with Crippen molar-refractivity contribution in [3.63, 3.8) is 0 Å². The largest absolute Gasteiger partial charge is 0.389 e. The lowest BCUT2D eigenvalue weighted by molar-refractivity contribution is -0.0125. The van der Waals surface area contributed by atoms with E-state index in [2.05, 4.69) is 6.08 Å². The standard InChI is InChI=1S/C12H22O2/c1-12(2,14-3)9-11(13)10-7-5-4-6-8-10/h7,11,13H,4-6,8-9H2,1-3H3. The van der Waals surface area contributed by atoms with Crippen molar-refractivity contribution in [2.45, 2.75) is 57.7 Å². The zero-order valence-electron chi connectivity index (χ0n) is 9.55. The van der Waals surface area contributed by atoms with Crippen LogP contribution in [0.3, 0.4) is 0 Å². The minimum atomic E-state index is -0.315. The van der Waals surface area contributed by atoms with Crippen LogP contribution in [0.5, 0.6) is 0 Å². The predicted octanol–water partition coefficient (Wildman–Crippen LogP) is 2.66. The second kappa shape index (κ2) is 4.94. The van der Waals surface area contributed by atoms with E-state index in [1.165, 1.54) is 18.4 Å². The van der Waals surface area contributed by atoms with Gasteiger partial charge in [0, 0.05) is 13.5 Å². The summed E-state index contributed by atoms with van der Waals surface area (Å²) >= 11 is 0. The third-order valence-electron chi connectivity index (χ3n) is 2.99. The lowest BCUT2D eigenvalue weighted by Crippen LogP contribution is -2.30. The summed E-state index contributed by atoms with van der Waals surface area (Å²) in [4.78, 5) is 0. The highest BCUT2D eigenvalue weighted by Crippen LogP contribution is 2.26. The Bertz CT molecular complexity index is 206. The molecule has 1 unspecified atom stereocenters. The van der Waals surface area contributed by atoms with E-state index in [0.717, 1.165) is 12.8 Å². The maximum Gasteiger partial charge on any atom is 0.0777 e. The van der Waals surface area contributed by atoms with E-state index in [9.17, 15) is 5.11 Å². The molecule has 1 N–H and O–H groups in total. The topological polar surface area (TPSA) is 29.5 Å². The zero-order valence-corrected chi connectivity index (χ0v) is 9.55. The molecule has 0 bridgehead atoms. The van der Waals surface area contributed by atoms with E-state index in [4.69, 9.17) is 4.74 Å². The Morgan fingerprint density at radius 3 is 2.71 bits per heavy atom.